The van der Waals surface area contributed by atoms with Crippen LogP contribution in [0.1, 0.15) is 63.5 Å². The van der Waals surface area contributed by atoms with Crippen molar-refractivity contribution in [1.29, 1.82) is 0 Å². The van der Waals surface area contributed by atoms with Crippen molar-refractivity contribution in [1.82, 2.24) is 0 Å². The molecular formula is C15H24. The Bertz CT molecular complexity index is 275. The van der Waals surface area contributed by atoms with Crippen molar-refractivity contribution in [2.75, 3.05) is 0 Å². The summed E-state index contributed by atoms with van der Waals surface area (Å²) in [4.78, 5) is 0. The van der Waals surface area contributed by atoms with Gasteiger partial charge in [-0.25, -0.2) is 0 Å². The molecule has 0 unspecified atom stereocenters. The first-order valence-corrected chi connectivity index (χ1v) is 6.36. The first-order chi connectivity index (χ1) is 7.27. The fourth-order valence-electron chi connectivity index (χ4n) is 2.04. The molecule has 15 heavy (non-hydrogen) atoms. The van der Waals surface area contributed by atoms with E-state index in [1.807, 2.05) is 0 Å². The third-order valence-corrected chi connectivity index (χ3v) is 3.06. The van der Waals surface area contributed by atoms with E-state index in [9.17, 15) is 0 Å². The van der Waals surface area contributed by atoms with Crippen LogP contribution in [0.4, 0.5) is 0 Å². The first-order valence-electron chi connectivity index (χ1n) is 6.36. The van der Waals surface area contributed by atoms with Gasteiger partial charge in [0.25, 0.3) is 0 Å². The van der Waals surface area contributed by atoms with Gasteiger partial charge in [-0.05, 0) is 36.3 Å². The summed E-state index contributed by atoms with van der Waals surface area (Å²) in [5.41, 5.74) is 3.03. The predicted molar refractivity (Wildman–Crippen MR) is 68.4 cm³/mol. The van der Waals surface area contributed by atoms with Gasteiger partial charge in [0.05, 0.1) is 0 Å². The lowest BCUT2D eigenvalue weighted by atomic mass is 9.94. The summed E-state index contributed by atoms with van der Waals surface area (Å²) >= 11 is 0. The summed E-state index contributed by atoms with van der Waals surface area (Å²) in [5.74, 6) is 0.719. The van der Waals surface area contributed by atoms with Gasteiger partial charge in [0, 0.05) is 0 Å². The van der Waals surface area contributed by atoms with E-state index in [2.05, 4.69) is 45.0 Å². The van der Waals surface area contributed by atoms with Gasteiger partial charge in [0.2, 0.25) is 0 Å². The largest absolute Gasteiger partial charge is 0.0654 e. The molecule has 0 N–H and O–H groups in total. The van der Waals surface area contributed by atoms with Crippen LogP contribution < -0.4 is 0 Å². The quantitative estimate of drug-likeness (QED) is 0.616. The molecule has 0 fully saturated rings. The summed E-state index contributed by atoms with van der Waals surface area (Å²) in [7, 11) is 0. The normalized spacial score (nSPS) is 12.7. The molecule has 0 aromatic heterocycles. The first kappa shape index (κ1) is 12.3. The zero-order valence-corrected chi connectivity index (χ0v) is 10.4. The van der Waals surface area contributed by atoms with Crippen molar-refractivity contribution in [2.45, 2.75) is 58.8 Å². The Balaban J connectivity index is 2.64. The Morgan fingerprint density at radius 3 is 2.60 bits per heavy atom. The average Bonchev–Trinajstić information content (AvgIpc) is 2.27. The second-order valence-electron chi connectivity index (χ2n) is 4.54. The van der Waals surface area contributed by atoms with E-state index < -0.39 is 0 Å². The van der Waals surface area contributed by atoms with Gasteiger partial charge in [0.1, 0.15) is 0 Å². The van der Waals surface area contributed by atoms with Gasteiger partial charge < -0.3 is 0 Å². The van der Waals surface area contributed by atoms with Crippen LogP contribution in [0.15, 0.2) is 24.3 Å². The smallest absolute Gasteiger partial charge is 0.0190 e. The number of benzene rings is 1. The van der Waals surface area contributed by atoms with Gasteiger partial charge >= 0.3 is 0 Å². The SMILES string of the molecule is CCCCc1cccc([C@H](C)CCC)c1. The molecule has 0 heterocycles. The maximum atomic E-state index is 2.40. The zero-order chi connectivity index (χ0) is 11.1. The van der Waals surface area contributed by atoms with E-state index in [4.69, 9.17) is 0 Å². The van der Waals surface area contributed by atoms with E-state index in [1.54, 1.807) is 0 Å². The molecule has 1 rings (SSSR count). The molecule has 0 heteroatoms. The topological polar surface area (TPSA) is 0 Å². The predicted octanol–water partition coefficient (Wildman–Crippen LogP) is 4.93. The van der Waals surface area contributed by atoms with E-state index in [-0.39, 0.29) is 0 Å². The Hall–Kier alpha value is -0.780. The van der Waals surface area contributed by atoms with Crippen LogP contribution in [-0.4, -0.2) is 0 Å². The van der Waals surface area contributed by atoms with Crippen molar-refractivity contribution in [2.24, 2.45) is 0 Å². The van der Waals surface area contributed by atoms with E-state index in [0.717, 1.165) is 5.92 Å². The van der Waals surface area contributed by atoms with Gasteiger partial charge in [-0.1, -0.05) is 57.9 Å². The Morgan fingerprint density at radius 1 is 1.13 bits per heavy atom. The number of rotatable bonds is 6. The van der Waals surface area contributed by atoms with Crippen LogP contribution in [0.3, 0.4) is 0 Å². The Labute approximate surface area is 94.7 Å². The monoisotopic (exact) mass is 204 g/mol. The highest BCUT2D eigenvalue weighted by atomic mass is 14.1. The molecule has 0 saturated carbocycles. The zero-order valence-electron chi connectivity index (χ0n) is 10.4. The second-order valence-corrected chi connectivity index (χ2v) is 4.54. The lowest BCUT2D eigenvalue weighted by molar-refractivity contribution is 0.663. The van der Waals surface area contributed by atoms with Crippen molar-refractivity contribution in [3.8, 4) is 0 Å². The van der Waals surface area contributed by atoms with Crippen LogP contribution in [0.2, 0.25) is 0 Å². The maximum Gasteiger partial charge on any atom is -0.0190 e. The molecule has 0 aliphatic rings. The summed E-state index contributed by atoms with van der Waals surface area (Å²) in [6.45, 7) is 6.85. The van der Waals surface area contributed by atoms with Gasteiger partial charge in [-0.3, -0.25) is 0 Å². The number of aryl methyl sites for hydroxylation is 1. The molecule has 1 atom stereocenters. The fourth-order valence-corrected chi connectivity index (χ4v) is 2.04. The number of unbranched alkanes of at least 4 members (excludes halogenated alkanes) is 1. The maximum absolute atomic E-state index is 2.40. The van der Waals surface area contributed by atoms with Crippen LogP contribution in [0.25, 0.3) is 0 Å². The minimum atomic E-state index is 0.719. The third kappa shape index (κ3) is 4.07. The van der Waals surface area contributed by atoms with Crippen molar-refractivity contribution in [3.63, 3.8) is 0 Å². The van der Waals surface area contributed by atoms with Crippen LogP contribution in [0.5, 0.6) is 0 Å². The van der Waals surface area contributed by atoms with Crippen molar-refractivity contribution < 1.29 is 0 Å². The van der Waals surface area contributed by atoms with Crippen molar-refractivity contribution in [3.05, 3.63) is 35.4 Å². The summed E-state index contributed by atoms with van der Waals surface area (Å²) < 4.78 is 0. The van der Waals surface area contributed by atoms with E-state index in [1.165, 1.54) is 43.2 Å². The Morgan fingerprint density at radius 2 is 1.93 bits per heavy atom. The van der Waals surface area contributed by atoms with Gasteiger partial charge in [-0.15, -0.1) is 0 Å². The highest BCUT2D eigenvalue weighted by Gasteiger charge is 2.04. The molecule has 1 aromatic carbocycles. The number of hydrogen-bond donors (Lipinski definition) is 0. The molecule has 1 aromatic rings. The third-order valence-electron chi connectivity index (χ3n) is 3.06. The number of hydrogen-bond acceptors (Lipinski definition) is 0. The van der Waals surface area contributed by atoms with Crippen LogP contribution in [-0.2, 0) is 6.42 Å². The molecule has 0 nitrogen and oxygen atoms in total. The van der Waals surface area contributed by atoms with E-state index in [0.29, 0.717) is 0 Å². The van der Waals surface area contributed by atoms with Crippen molar-refractivity contribution >= 4 is 0 Å². The minimum Gasteiger partial charge on any atom is -0.0654 e. The second kappa shape index (κ2) is 6.66. The molecule has 0 radical (unpaired) electrons. The minimum absolute atomic E-state index is 0.719. The highest BCUT2D eigenvalue weighted by molar-refractivity contribution is 5.26. The fraction of sp³-hybridized carbons (Fsp3) is 0.600. The van der Waals surface area contributed by atoms with Crippen LogP contribution in [0, 0.1) is 0 Å². The summed E-state index contributed by atoms with van der Waals surface area (Å²) in [6, 6.07) is 9.15. The van der Waals surface area contributed by atoms with Gasteiger partial charge in [-0.2, -0.15) is 0 Å². The lowest BCUT2D eigenvalue weighted by Gasteiger charge is -2.11. The molecule has 0 bridgehead atoms. The Kier molecular flexibility index (Phi) is 5.45. The molecule has 84 valence electrons. The lowest BCUT2D eigenvalue weighted by Crippen LogP contribution is -1.94. The summed E-state index contributed by atoms with van der Waals surface area (Å²) in [5, 5.41) is 0. The average molecular weight is 204 g/mol. The van der Waals surface area contributed by atoms with Crippen LogP contribution >= 0.6 is 0 Å². The highest BCUT2D eigenvalue weighted by Crippen LogP contribution is 2.21. The molecular weight excluding hydrogens is 180 g/mol. The molecule has 0 spiro atoms. The van der Waals surface area contributed by atoms with E-state index >= 15 is 0 Å². The molecule has 0 aliphatic heterocycles. The standard InChI is InChI=1S/C15H24/c1-4-6-9-14-10-7-11-15(12-14)13(3)8-5-2/h7,10-13H,4-6,8-9H2,1-3H3/t13-/m1/s1. The molecule has 0 aliphatic carbocycles. The molecule has 0 saturated heterocycles. The molecule has 0 amide bonds. The summed E-state index contributed by atoms with van der Waals surface area (Å²) in [6.07, 6.45) is 6.42. The van der Waals surface area contributed by atoms with Gasteiger partial charge in [0.15, 0.2) is 0 Å².